The minimum atomic E-state index is -0.860. The van der Waals surface area contributed by atoms with Gasteiger partial charge in [-0.05, 0) is 24.3 Å². The Labute approximate surface area is 141 Å². The number of carbonyl (C=O) groups excluding carboxylic acids is 1. The maximum atomic E-state index is 12.0. The number of hydrazone groups is 1. The van der Waals surface area contributed by atoms with Crippen LogP contribution < -0.4 is 14.9 Å². The lowest BCUT2D eigenvalue weighted by atomic mass is 10.2. The number of rotatable bonds is 4. The van der Waals surface area contributed by atoms with Crippen LogP contribution in [0.5, 0.6) is 17.2 Å². The number of nitro groups is 1. The minimum absolute atomic E-state index is 0.0447. The third-order valence-corrected chi connectivity index (χ3v) is 3.39. The summed E-state index contributed by atoms with van der Waals surface area (Å²) < 4.78 is 11.0. The summed E-state index contributed by atoms with van der Waals surface area (Å²) >= 11 is 0. The fourth-order valence-electron chi connectivity index (χ4n) is 2.16. The van der Waals surface area contributed by atoms with Crippen LogP contribution >= 0.6 is 0 Å². The number of fused-ring (bicyclic) bond motifs is 1. The third-order valence-electron chi connectivity index (χ3n) is 3.39. The zero-order chi connectivity index (χ0) is 17.8. The zero-order valence-electron chi connectivity index (χ0n) is 12.8. The number of phenolic OH excluding ortho intramolecular Hbond substituents is 1. The van der Waals surface area contributed by atoms with Gasteiger partial charge >= 0.3 is 5.69 Å². The zero-order valence-corrected chi connectivity index (χ0v) is 12.8. The van der Waals surface area contributed by atoms with E-state index in [4.69, 9.17) is 9.47 Å². The molecule has 0 aliphatic carbocycles. The first-order valence-corrected chi connectivity index (χ1v) is 7.23. The number of para-hydroxylation sites is 2. The minimum Gasteiger partial charge on any atom is -0.502 e. The second kappa shape index (κ2) is 6.87. The molecule has 9 nitrogen and oxygen atoms in total. The number of ether oxygens (including phenoxy) is 2. The Kier molecular flexibility index (Phi) is 4.46. The molecule has 128 valence electrons. The topological polar surface area (TPSA) is 123 Å². The number of aromatic hydroxyl groups is 1. The van der Waals surface area contributed by atoms with Crippen LogP contribution in [0.1, 0.15) is 5.56 Å². The van der Waals surface area contributed by atoms with Crippen LogP contribution in [0.2, 0.25) is 0 Å². The molecule has 9 heteroatoms. The largest absolute Gasteiger partial charge is 0.502 e. The number of benzene rings is 2. The summed E-state index contributed by atoms with van der Waals surface area (Å²) in [6, 6.07) is 10.7. The van der Waals surface area contributed by atoms with Gasteiger partial charge in [-0.3, -0.25) is 14.9 Å². The van der Waals surface area contributed by atoms with E-state index in [2.05, 4.69) is 10.5 Å². The summed E-state index contributed by atoms with van der Waals surface area (Å²) in [6.45, 7) is 0.0447. The molecule has 1 atom stereocenters. The smallest absolute Gasteiger partial charge is 0.311 e. The highest BCUT2D eigenvalue weighted by Crippen LogP contribution is 2.30. The molecule has 0 fully saturated rings. The summed E-state index contributed by atoms with van der Waals surface area (Å²) in [4.78, 5) is 22.1. The maximum Gasteiger partial charge on any atom is 0.311 e. The summed E-state index contributed by atoms with van der Waals surface area (Å²) in [6.07, 6.45) is 0.364. The molecule has 2 aromatic carbocycles. The van der Waals surface area contributed by atoms with Crippen molar-refractivity contribution in [3.8, 4) is 17.2 Å². The van der Waals surface area contributed by atoms with Crippen LogP contribution in [0.4, 0.5) is 5.69 Å². The van der Waals surface area contributed by atoms with Crippen LogP contribution in [-0.4, -0.2) is 34.9 Å². The molecule has 2 aromatic rings. The second-order valence-corrected chi connectivity index (χ2v) is 5.10. The fourth-order valence-corrected chi connectivity index (χ4v) is 2.16. The van der Waals surface area contributed by atoms with Gasteiger partial charge < -0.3 is 14.6 Å². The van der Waals surface area contributed by atoms with E-state index >= 15 is 0 Å². The van der Waals surface area contributed by atoms with Crippen molar-refractivity contribution in [2.24, 2.45) is 5.10 Å². The van der Waals surface area contributed by atoms with Crippen LogP contribution in [0, 0.1) is 10.1 Å². The molecule has 0 radical (unpaired) electrons. The van der Waals surface area contributed by atoms with E-state index in [9.17, 15) is 20.0 Å². The molecule has 1 amide bonds. The van der Waals surface area contributed by atoms with Crippen LogP contribution in [0.3, 0.4) is 0 Å². The quantitative estimate of drug-likeness (QED) is 0.494. The molecule has 25 heavy (non-hydrogen) atoms. The average Bonchev–Trinajstić information content (AvgIpc) is 2.62. The number of nitrogens with zero attached hydrogens (tertiary/aromatic N) is 2. The molecule has 0 bridgehead atoms. The normalized spacial score (nSPS) is 15.8. The van der Waals surface area contributed by atoms with Crippen molar-refractivity contribution in [2.75, 3.05) is 6.61 Å². The van der Waals surface area contributed by atoms with Crippen LogP contribution in [0.25, 0.3) is 0 Å². The molecular weight excluding hydrogens is 330 g/mol. The number of amides is 1. The molecule has 0 aromatic heterocycles. The van der Waals surface area contributed by atoms with Gasteiger partial charge in [-0.15, -0.1) is 0 Å². The van der Waals surface area contributed by atoms with E-state index in [-0.39, 0.29) is 6.61 Å². The Bertz CT molecular complexity index is 852. The monoisotopic (exact) mass is 343 g/mol. The summed E-state index contributed by atoms with van der Waals surface area (Å²) in [7, 11) is 0. The lowest BCUT2D eigenvalue weighted by Gasteiger charge is -2.24. The molecule has 3 rings (SSSR count). The molecule has 0 saturated heterocycles. The fraction of sp³-hybridized carbons (Fsp3) is 0.125. The highest BCUT2D eigenvalue weighted by Gasteiger charge is 2.27. The second-order valence-electron chi connectivity index (χ2n) is 5.10. The Balaban J connectivity index is 1.62. The van der Waals surface area contributed by atoms with Crippen molar-refractivity contribution >= 4 is 17.8 Å². The number of nitrogens with one attached hydrogen (secondary N) is 1. The van der Waals surface area contributed by atoms with Crippen LogP contribution in [-0.2, 0) is 4.79 Å². The first kappa shape index (κ1) is 16.2. The lowest BCUT2D eigenvalue weighted by Crippen LogP contribution is -2.42. The highest BCUT2D eigenvalue weighted by atomic mass is 16.6. The van der Waals surface area contributed by atoms with Gasteiger partial charge in [0, 0.05) is 11.6 Å². The number of nitro benzene ring substituents is 1. The maximum absolute atomic E-state index is 12.0. The number of carbonyl (C=O) groups is 1. The van der Waals surface area contributed by atoms with E-state index in [1.165, 1.54) is 18.3 Å². The van der Waals surface area contributed by atoms with Crippen molar-refractivity contribution in [3.63, 3.8) is 0 Å². The van der Waals surface area contributed by atoms with Gasteiger partial charge in [-0.1, -0.05) is 12.1 Å². The van der Waals surface area contributed by atoms with Crippen LogP contribution in [0.15, 0.2) is 47.6 Å². The Morgan fingerprint density at radius 3 is 2.84 bits per heavy atom. The van der Waals surface area contributed by atoms with E-state index in [0.717, 1.165) is 6.07 Å². The number of hydrogen-bond donors (Lipinski definition) is 2. The van der Waals surface area contributed by atoms with Gasteiger partial charge in [-0.2, -0.15) is 5.10 Å². The molecular formula is C16H13N3O6. The standard InChI is InChI=1S/C16H13N3O6/c20-12-6-5-10(7-11(12)19(22)23)8-17-18-16(21)15-9-24-13-3-1-2-4-14(13)25-15/h1-8,15,20H,9H2,(H,18,21). The summed E-state index contributed by atoms with van der Waals surface area (Å²) in [5.41, 5.74) is 2.18. The Morgan fingerprint density at radius 1 is 1.32 bits per heavy atom. The molecule has 2 N–H and O–H groups in total. The van der Waals surface area contributed by atoms with Crippen molar-refractivity contribution < 1.29 is 24.3 Å². The molecule has 0 saturated carbocycles. The predicted molar refractivity (Wildman–Crippen MR) is 86.9 cm³/mol. The lowest BCUT2D eigenvalue weighted by molar-refractivity contribution is -0.385. The molecule has 1 heterocycles. The number of hydrogen-bond acceptors (Lipinski definition) is 7. The molecule has 1 aliphatic heterocycles. The van der Waals surface area contributed by atoms with Gasteiger partial charge in [0.05, 0.1) is 11.1 Å². The van der Waals surface area contributed by atoms with Crippen molar-refractivity contribution in [3.05, 3.63) is 58.1 Å². The van der Waals surface area contributed by atoms with E-state index in [1.54, 1.807) is 24.3 Å². The average molecular weight is 343 g/mol. The molecule has 0 spiro atoms. The van der Waals surface area contributed by atoms with E-state index < -0.39 is 28.4 Å². The number of phenols is 1. The van der Waals surface area contributed by atoms with Crippen molar-refractivity contribution in [1.29, 1.82) is 0 Å². The predicted octanol–water partition coefficient (Wildman–Crippen LogP) is 1.59. The Hall–Kier alpha value is -3.62. The van der Waals surface area contributed by atoms with Crippen molar-refractivity contribution in [2.45, 2.75) is 6.10 Å². The third kappa shape index (κ3) is 3.66. The highest BCUT2D eigenvalue weighted by molar-refractivity contribution is 5.85. The van der Waals surface area contributed by atoms with E-state index in [1.807, 2.05) is 0 Å². The van der Waals surface area contributed by atoms with Gasteiger partial charge in [0.25, 0.3) is 5.91 Å². The van der Waals surface area contributed by atoms with E-state index in [0.29, 0.717) is 17.1 Å². The first-order valence-electron chi connectivity index (χ1n) is 7.23. The summed E-state index contributed by atoms with van der Waals surface area (Å²) in [5, 5.41) is 23.9. The molecule has 1 aliphatic rings. The van der Waals surface area contributed by atoms with Gasteiger partial charge in [0.1, 0.15) is 6.61 Å². The summed E-state index contributed by atoms with van der Waals surface area (Å²) in [5.74, 6) is 0.0649. The van der Waals surface area contributed by atoms with Gasteiger partial charge in [-0.25, -0.2) is 5.43 Å². The SMILES string of the molecule is O=C(NN=Cc1ccc(O)c([N+](=O)[O-])c1)C1COc2ccccc2O1. The van der Waals surface area contributed by atoms with Gasteiger partial charge in [0.15, 0.2) is 17.2 Å². The van der Waals surface area contributed by atoms with Gasteiger partial charge in [0.2, 0.25) is 6.10 Å². The molecule has 1 unspecified atom stereocenters. The first-order chi connectivity index (χ1) is 12.0. The Morgan fingerprint density at radius 2 is 2.08 bits per heavy atom. The van der Waals surface area contributed by atoms with Crippen molar-refractivity contribution in [1.82, 2.24) is 5.43 Å².